The summed E-state index contributed by atoms with van der Waals surface area (Å²) in [5, 5.41) is 0. The maximum absolute atomic E-state index is 11.8. The molecular formula is C12H20O2. The van der Waals surface area contributed by atoms with Crippen LogP contribution in [0.5, 0.6) is 0 Å². The summed E-state index contributed by atoms with van der Waals surface area (Å²) in [7, 11) is 0. The topological polar surface area (TPSA) is 26.3 Å². The first-order valence-electron chi connectivity index (χ1n) is 5.56. The highest BCUT2D eigenvalue weighted by Gasteiger charge is 2.37. The van der Waals surface area contributed by atoms with Gasteiger partial charge >= 0.3 is 0 Å². The van der Waals surface area contributed by atoms with Gasteiger partial charge in [0.2, 0.25) is 0 Å². The summed E-state index contributed by atoms with van der Waals surface area (Å²) >= 11 is 0. The number of hydrogen-bond acceptors (Lipinski definition) is 2. The van der Waals surface area contributed by atoms with Crippen LogP contribution < -0.4 is 0 Å². The summed E-state index contributed by atoms with van der Waals surface area (Å²) in [4.78, 5) is 11.8. The molecule has 0 radical (unpaired) electrons. The Hall–Kier alpha value is -0.630. The molecule has 1 fully saturated rings. The molecule has 1 aliphatic rings. The average Bonchev–Trinajstić information content (AvgIpc) is 2.44. The van der Waals surface area contributed by atoms with Crippen molar-refractivity contribution in [1.29, 1.82) is 0 Å². The summed E-state index contributed by atoms with van der Waals surface area (Å²) in [5.41, 5.74) is -0.535. The lowest BCUT2D eigenvalue weighted by atomic mass is 9.89. The van der Waals surface area contributed by atoms with Gasteiger partial charge in [0.1, 0.15) is 5.60 Å². The first-order valence-corrected chi connectivity index (χ1v) is 5.56. The van der Waals surface area contributed by atoms with Crippen molar-refractivity contribution in [3.63, 3.8) is 0 Å². The summed E-state index contributed by atoms with van der Waals surface area (Å²) in [6.45, 7) is 6.12. The molecule has 0 aliphatic heterocycles. The van der Waals surface area contributed by atoms with Crippen LogP contribution in [0, 0.1) is 0 Å². The van der Waals surface area contributed by atoms with Crippen LogP contribution in [0.25, 0.3) is 0 Å². The van der Waals surface area contributed by atoms with E-state index in [2.05, 4.69) is 6.58 Å². The zero-order valence-corrected chi connectivity index (χ0v) is 9.05. The molecule has 0 aromatic rings. The minimum Gasteiger partial charge on any atom is -0.367 e. The molecule has 1 saturated carbocycles. The summed E-state index contributed by atoms with van der Waals surface area (Å²) in [6.07, 6.45) is 7.79. The molecule has 0 atom stereocenters. The third-order valence-electron chi connectivity index (χ3n) is 2.97. The molecule has 80 valence electrons. The highest BCUT2D eigenvalue weighted by Crippen LogP contribution is 2.31. The Morgan fingerprint density at radius 1 is 1.36 bits per heavy atom. The molecule has 2 nitrogen and oxygen atoms in total. The van der Waals surface area contributed by atoms with E-state index >= 15 is 0 Å². The third-order valence-corrected chi connectivity index (χ3v) is 2.97. The molecular weight excluding hydrogens is 176 g/mol. The molecule has 0 N–H and O–H groups in total. The second kappa shape index (κ2) is 5.30. The Bertz CT molecular complexity index is 200. The number of hydrogen-bond donors (Lipinski definition) is 0. The maximum atomic E-state index is 11.8. The zero-order chi connectivity index (χ0) is 10.4. The number of carbonyl (C=O) groups excluding carboxylic acids is 1. The number of ether oxygens (including phenoxy) is 1. The van der Waals surface area contributed by atoms with Crippen molar-refractivity contribution >= 4 is 5.78 Å². The van der Waals surface area contributed by atoms with Gasteiger partial charge in [0.25, 0.3) is 0 Å². The molecule has 0 unspecified atom stereocenters. The van der Waals surface area contributed by atoms with Gasteiger partial charge in [-0.05, 0) is 25.8 Å². The standard InChI is InChI=1S/C12H20O2/c1-3-11(13)12(14-4-2)9-7-5-6-8-10-12/h3H,1,4-10H2,2H3. The van der Waals surface area contributed by atoms with E-state index in [0.717, 1.165) is 25.7 Å². The lowest BCUT2D eigenvalue weighted by molar-refractivity contribution is -0.141. The SMILES string of the molecule is C=CC(=O)C1(OCC)CCCCCC1. The predicted molar refractivity (Wildman–Crippen MR) is 57.3 cm³/mol. The quantitative estimate of drug-likeness (QED) is 0.510. The van der Waals surface area contributed by atoms with E-state index in [-0.39, 0.29) is 5.78 Å². The number of ketones is 1. The van der Waals surface area contributed by atoms with Gasteiger partial charge in [-0.3, -0.25) is 4.79 Å². The van der Waals surface area contributed by atoms with E-state index in [0.29, 0.717) is 6.61 Å². The highest BCUT2D eigenvalue weighted by molar-refractivity contribution is 5.96. The van der Waals surface area contributed by atoms with Crippen LogP contribution in [-0.4, -0.2) is 18.0 Å². The van der Waals surface area contributed by atoms with Crippen molar-refractivity contribution in [2.45, 2.75) is 51.0 Å². The van der Waals surface area contributed by atoms with Crippen molar-refractivity contribution in [1.82, 2.24) is 0 Å². The molecule has 1 aliphatic carbocycles. The van der Waals surface area contributed by atoms with E-state index in [9.17, 15) is 4.79 Å². The van der Waals surface area contributed by atoms with Crippen LogP contribution in [0.15, 0.2) is 12.7 Å². The van der Waals surface area contributed by atoms with Crippen LogP contribution in [-0.2, 0) is 9.53 Å². The smallest absolute Gasteiger partial charge is 0.186 e. The second-order valence-electron chi connectivity index (χ2n) is 3.91. The minimum atomic E-state index is -0.535. The molecule has 0 aromatic carbocycles. The van der Waals surface area contributed by atoms with Gasteiger partial charge in [0.15, 0.2) is 5.78 Å². The summed E-state index contributed by atoms with van der Waals surface area (Å²) in [5.74, 6) is 0.0706. The predicted octanol–water partition coefficient (Wildman–Crippen LogP) is 2.87. The number of rotatable bonds is 4. The van der Waals surface area contributed by atoms with Crippen LogP contribution in [0.1, 0.15) is 45.4 Å². The van der Waals surface area contributed by atoms with Gasteiger partial charge in [0, 0.05) is 6.61 Å². The third kappa shape index (κ3) is 2.44. The fraction of sp³-hybridized carbons (Fsp3) is 0.750. The van der Waals surface area contributed by atoms with Gasteiger partial charge in [-0.25, -0.2) is 0 Å². The molecule has 0 heterocycles. The second-order valence-corrected chi connectivity index (χ2v) is 3.91. The Balaban J connectivity index is 2.76. The van der Waals surface area contributed by atoms with Gasteiger partial charge in [-0.2, -0.15) is 0 Å². The Morgan fingerprint density at radius 3 is 2.36 bits per heavy atom. The highest BCUT2D eigenvalue weighted by atomic mass is 16.5. The Kier molecular flexibility index (Phi) is 4.33. The van der Waals surface area contributed by atoms with Crippen LogP contribution in [0.4, 0.5) is 0 Å². The monoisotopic (exact) mass is 196 g/mol. The van der Waals surface area contributed by atoms with Crippen LogP contribution in [0.3, 0.4) is 0 Å². The van der Waals surface area contributed by atoms with Crippen molar-refractivity contribution in [3.8, 4) is 0 Å². The van der Waals surface area contributed by atoms with Crippen molar-refractivity contribution < 1.29 is 9.53 Å². The van der Waals surface area contributed by atoms with Crippen molar-refractivity contribution in [2.75, 3.05) is 6.61 Å². The molecule has 0 amide bonds. The Morgan fingerprint density at radius 2 is 1.93 bits per heavy atom. The van der Waals surface area contributed by atoms with E-state index in [1.54, 1.807) is 0 Å². The van der Waals surface area contributed by atoms with Crippen molar-refractivity contribution in [2.24, 2.45) is 0 Å². The molecule has 0 bridgehead atoms. The molecule has 0 spiro atoms. The fourth-order valence-corrected chi connectivity index (χ4v) is 2.22. The van der Waals surface area contributed by atoms with E-state index in [1.165, 1.54) is 18.9 Å². The van der Waals surface area contributed by atoms with Gasteiger partial charge in [-0.1, -0.05) is 32.3 Å². The van der Waals surface area contributed by atoms with Crippen LogP contribution in [0.2, 0.25) is 0 Å². The maximum Gasteiger partial charge on any atom is 0.186 e. The van der Waals surface area contributed by atoms with E-state index in [1.807, 2.05) is 6.92 Å². The summed E-state index contributed by atoms with van der Waals surface area (Å²) in [6, 6.07) is 0. The molecule has 0 saturated heterocycles. The van der Waals surface area contributed by atoms with Crippen molar-refractivity contribution in [3.05, 3.63) is 12.7 Å². The Labute approximate surface area is 86.3 Å². The summed E-state index contributed by atoms with van der Waals surface area (Å²) < 4.78 is 5.68. The minimum absolute atomic E-state index is 0.0706. The fourth-order valence-electron chi connectivity index (χ4n) is 2.22. The van der Waals surface area contributed by atoms with E-state index < -0.39 is 5.60 Å². The molecule has 14 heavy (non-hydrogen) atoms. The molecule has 1 rings (SSSR count). The first-order chi connectivity index (χ1) is 6.75. The largest absolute Gasteiger partial charge is 0.367 e. The zero-order valence-electron chi connectivity index (χ0n) is 9.05. The lowest BCUT2D eigenvalue weighted by Gasteiger charge is -2.29. The van der Waals surface area contributed by atoms with Crippen LogP contribution >= 0.6 is 0 Å². The molecule has 2 heteroatoms. The number of carbonyl (C=O) groups is 1. The van der Waals surface area contributed by atoms with Gasteiger partial charge in [-0.15, -0.1) is 0 Å². The molecule has 0 aromatic heterocycles. The lowest BCUT2D eigenvalue weighted by Crippen LogP contribution is -2.40. The first kappa shape index (κ1) is 11.4. The van der Waals surface area contributed by atoms with Gasteiger partial charge in [0.05, 0.1) is 0 Å². The normalized spacial score (nSPS) is 21.2. The van der Waals surface area contributed by atoms with E-state index in [4.69, 9.17) is 4.74 Å². The average molecular weight is 196 g/mol. The van der Waals surface area contributed by atoms with Gasteiger partial charge < -0.3 is 4.74 Å².